The molecule has 0 spiro atoms. The number of carbonyl (C=O) groups is 1. The highest BCUT2D eigenvalue weighted by Crippen LogP contribution is 2.32. The van der Waals surface area contributed by atoms with E-state index in [1.54, 1.807) is 10.9 Å². The number of carboxylic acids is 1. The van der Waals surface area contributed by atoms with Crippen LogP contribution >= 0.6 is 0 Å². The Hall–Kier alpha value is -1.52. The van der Waals surface area contributed by atoms with E-state index >= 15 is 0 Å². The molecule has 5 heteroatoms. The Morgan fingerprint density at radius 3 is 2.33 bits per heavy atom. The maximum absolute atomic E-state index is 11.6. The molecule has 0 saturated heterocycles. The second-order valence-electron chi connectivity index (χ2n) is 6.28. The molecule has 2 fully saturated rings. The summed E-state index contributed by atoms with van der Waals surface area (Å²) in [5, 5.41) is 13.9. The molecule has 0 amide bonds. The Bertz CT molecular complexity index is 486. The van der Waals surface area contributed by atoms with Gasteiger partial charge in [0.25, 0.3) is 0 Å². The molecule has 0 atom stereocenters. The van der Waals surface area contributed by atoms with Crippen LogP contribution in [0.5, 0.6) is 5.75 Å². The number of hydrogen-bond acceptors (Lipinski definition) is 3. The van der Waals surface area contributed by atoms with E-state index in [9.17, 15) is 9.90 Å². The topological polar surface area (TPSA) is 64.3 Å². The first kappa shape index (κ1) is 14.4. The lowest BCUT2D eigenvalue weighted by Crippen LogP contribution is -2.22. The summed E-state index contributed by atoms with van der Waals surface area (Å²) in [4.78, 5) is 11.6. The zero-order valence-electron chi connectivity index (χ0n) is 12.5. The standard InChI is InChI=1S/C16H24N2O3/c19-16(20)15-14(21-13-9-5-2-6-10-13)11-17-18(15)12-7-3-1-4-8-12/h11-13H,1-10H2,(H,19,20). The van der Waals surface area contributed by atoms with Gasteiger partial charge in [0.1, 0.15) is 0 Å². The number of nitrogens with zero attached hydrogens (tertiary/aromatic N) is 2. The van der Waals surface area contributed by atoms with E-state index in [1.165, 1.54) is 25.7 Å². The van der Waals surface area contributed by atoms with Gasteiger partial charge in [-0.2, -0.15) is 5.10 Å². The fourth-order valence-electron chi connectivity index (χ4n) is 3.60. The van der Waals surface area contributed by atoms with Crippen LogP contribution in [-0.4, -0.2) is 27.0 Å². The van der Waals surface area contributed by atoms with E-state index in [0.717, 1.165) is 38.5 Å². The zero-order chi connectivity index (χ0) is 14.7. The van der Waals surface area contributed by atoms with Gasteiger partial charge in [-0.05, 0) is 38.5 Å². The monoisotopic (exact) mass is 292 g/mol. The second-order valence-corrected chi connectivity index (χ2v) is 6.28. The molecule has 1 heterocycles. The molecule has 0 radical (unpaired) electrons. The Morgan fingerprint density at radius 2 is 1.71 bits per heavy atom. The summed E-state index contributed by atoms with van der Waals surface area (Å²) in [7, 11) is 0. The first-order valence-corrected chi connectivity index (χ1v) is 8.23. The minimum atomic E-state index is -0.927. The van der Waals surface area contributed by atoms with Crippen molar-refractivity contribution >= 4 is 5.97 Å². The van der Waals surface area contributed by atoms with Crippen LogP contribution in [0.3, 0.4) is 0 Å². The van der Waals surface area contributed by atoms with Gasteiger partial charge in [0.05, 0.1) is 18.3 Å². The first-order valence-electron chi connectivity index (χ1n) is 8.23. The molecule has 3 rings (SSSR count). The Labute approximate surface area is 125 Å². The molecule has 5 nitrogen and oxygen atoms in total. The Kier molecular flexibility index (Phi) is 4.46. The van der Waals surface area contributed by atoms with Crippen molar-refractivity contribution in [1.82, 2.24) is 9.78 Å². The first-order chi connectivity index (χ1) is 10.3. The molecule has 1 N–H and O–H groups in total. The van der Waals surface area contributed by atoms with E-state index in [0.29, 0.717) is 5.75 Å². The summed E-state index contributed by atoms with van der Waals surface area (Å²) < 4.78 is 7.65. The van der Waals surface area contributed by atoms with Crippen LogP contribution in [0.4, 0.5) is 0 Å². The van der Waals surface area contributed by atoms with Crippen LogP contribution in [0.1, 0.15) is 80.7 Å². The van der Waals surface area contributed by atoms with Crippen LogP contribution in [-0.2, 0) is 0 Å². The molecule has 0 aliphatic heterocycles. The molecule has 0 bridgehead atoms. The van der Waals surface area contributed by atoms with E-state index in [-0.39, 0.29) is 17.8 Å². The summed E-state index contributed by atoms with van der Waals surface area (Å²) in [6.07, 6.45) is 13.0. The Morgan fingerprint density at radius 1 is 1.10 bits per heavy atom. The maximum Gasteiger partial charge on any atom is 0.358 e. The second kappa shape index (κ2) is 6.50. The number of ether oxygens (including phenoxy) is 1. The molecule has 2 aliphatic rings. The van der Waals surface area contributed by atoms with Gasteiger partial charge in [0, 0.05) is 0 Å². The molecule has 116 valence electrons. The van der Waals surface area contributed by atoms with Crippen LogP contribution < -0.4 is 4.74 Å². The van der Waals surface area contributed by atoms with E-state index < -0.39 is 5.97 Å². The molecular weight excluding hydrogens is 268 g/mol. The highest BCUT2D eigenvalue weighted by molar-refractivity contribution is 5.88. The van der Waals surface area contributed by atoms with E-state index in [2.05, 4.69) is 5.10 Å². The highest BCUT2D eigenvalue weighted by atomic mass is 16.5. The van der Waals surface area contributed by atoms with Gasteiger partial charge in [-0.1, -0.05) is 25.7 Å². The lowest BCUT2D eigenvalue weighted by Gasteiger charge is -2.24. The molecule has 2 saturated carbocycles. The van der Waals surface area contributed by atoms with Gasteiger partial charge in [-0.3, -0.25) is 4.68 Å². The maximum atomic E-state index is 11.6. The highest BCUT2D eigenvalue weighted by Gasteiger charge is 2.27. The molecule has 21 heavy (non-hydrogen) atoms. The van der Waals surface area contributed by atoms with Gasteiger partial charge < -0.3 is 9.84 Å². The molecule has 1 aromatic heterocycles. The molecular formula is C16H24N2O3. The molecule has 2 aliphatic carbocycles. The third kappa shape index (κ3) is 3.22. The number of aromatic carboxylic acids is 1. The van der Waals surface area contributed by atoms with Gasteiger partial charge in [-0.15, -0.1) is 0 Å². The van der Waals surface area contributed by atoms with Crippen LogP contribution in [0.15, 0.2) is 6.20 Å². The quantitative estimate of drug-likeness (QED) is 0.916. The predicted octanol–water partition coefficient (Wildman–Crippen LogP) is 3.80. The Balaban J connectivity index is 1.79. The SMILES string of the molecule is O=C(O)c1c(OC2CCCCC2)cnn1C1CCCCC1. The van der Waals surface area contributed by atoms with Gasteiger partial charge in [-0.25, -0.2) is 4.79 Å². The number of hydrogen-bond donors (Lipinski definition) is 1. The lowest BCUT2D eigenvalue weighted by molar-refractivity contribution is 0.0666. The largest absolute Gasteiger partial charge is 0.486 e. The molecule has 1 aromatic rings. The van der Waals surface area contributed by atoms with Crippen molar-refractivity contribution in [2.24, 2.45) is 0 Å². The van der Waals surface area contributed by atoms with Crippen molar-refractivity contribution in [2.75, 3.05) is 0 Å². The fourth-order valence-corrected chi connectivity index (χ4v) is 3.60. The van der Waals surface area contributed by atoms with Gasteiger partial charge in [0.2, 0.25) is 0 Å². The van der Waals surface area contributed by atoms with E-state index in [4.69, 9.17) is 4.74 Å². The smallest absolute Gasteiger partial charge is 0.358 e. The summed E-state index contributed by atoms with van der Waals surface area (Å²) in [5.41, 5.74) is 0.243. The summed E-state index contributed by atoms with van der Waals surface area (Å²) >= 11 is 0. The van der Waals surface area contributed by atoms with Crippen molar-refractivity contribution in [3.05, 3.63) is 11.9 Å². The third-order valence-electron chi connectivity index (χ3n) is 4.73. The van der Waals surface area contributed by atoms with Crippen LogP contribution in [0.25, 0.3) is 0 Å². The van der Waals surface area contributed by atoms with Crippen LogP contribution in [0.2, 0.25) is 0 Å². The predicted molar refractivity (Wildman–Crippen MR) is 78.8 cm³/mol. The summed E-state index contributed by atoms with van der Waals surface area (Å²) in [6, 6.07) is 0.216. The number of aromatic nitrogens is 2. The summed E-state index contributed by atoms with van der Waals surface area (Å²) in [6.45, 7) is 0. The van der Waals surface area contributed by atoms with Crippen molar-refractivity contribution in [3.63, 3.8) is 0 Å². The number of carboxylic acid groups (broad SMARTS) is 1. The molecule has 0 aromatic carbocycles. The van der Waals surface area contributed by atoms with Crippen LogP contribution in [0, 0.1) is 0 Å². The lowest BCUT2D eigenvalue weighted by atomic mass is 9.95. The van der Waals surface area contributed by atoms with Gasteiger partial charge >= 0.3 is 5.97 Å². The average Bonchev–Trinajstić information content (AvgIpc) is 2.93. The number of rotatable bonds is 4. The average molecular weight is 292 g/mol. The minimum absolute atomic E-state index is 0.154. The summed E-state index contributed by atoms with van der Waals surface area (Å²) in [5.74, 6) is -0.469. The zero-order valence-corrected chi connectivity index (χ0v) is 12.5. The van der Waals surface area contributed by atoms with Crippen molar-refractivity contribution < 1.29 is 14.6 Å². The molecule has 0 unspecified atom stereocenters. The van der Waals surface area contributed by atoms with E-state index in [1.807, 2.05) is 0 Å². The van der Waals surface area contributed by atoms with Gasteiger partial charge in [0.15, 0.2) is 11.4 Å². The van der Waals surface area contributed by atoms with Crippen molar-refractivity contribution in [2.45, 2.75) is 76.4 Å². The minimum Gasteiger partial charge on any atom is -0.486 e. The van der Waals surface area contributed by atoms with Crippen molar-refractivity contribution in [3.8, 4) is 5.75 Å². The fraction of sp³-hybridized carbons (Fsp3) is 0.750. The normalized spacial score (nSPS) is 21.3. The van der Waals surface area contributed by atoms with Crippen molar-refractivity contribution in [1.29, 1.82) is 0 Å². The third-order valence-corrected chi connectivity index (χ3v) is 4.73.